The standard InChI is InChI=1S/C13H17N5O3S2/c1-17(2)12-6-4-11(5-7-12)15-16-13-18(10-14-22-13)8-3-9-23(19,20)21/h4-7,10H,3,8-9H2,1-2H3/p+1. The summed E-state index contributed by atoms with van der Waals surface area (Å²) in [5.74, 6) is -0.293. The van der Waals surface area contributed by atoms with Crippen LogP contribution in [0.2, 0.25) is 0 Å². The van der Waals surface area contributed by atoms with E-state index < -0.39 is 10.1 Å². The smallest absolute Gasteiger partial charge is 0.378 e. The molecule has 0 saturated heterocycles. The second kappa shape index (κ2) is 7.57. The number of aromatic nitrogens is 2. The zero-order valence-corrected chi connectivity index (χ0v) is 14.5. The van der Waals surface area contributed by atoms with E-state index in [0.717, 1.165) is 5.69 Å². The van der Waals surface area contributed by atoms with Crippen molar-refractivity contribution in [1.29, 1.82) is 0 Å². The maximum absolute atomic E-state index is 10.7. The second-order valence-electron chi connectivity index (χ2n) is 5.04. The lowest BCUT2D eigenvalue weighted by Crippen LogP contribution is -2.32. The van der Waals surface area contributed by atoms with Crippen molar-refractivity contribution in [2.24, 2.45) is 10.2 Å². The fraction of sp³-hybridized carbons (Fsp3) is 0.385. The van der Waals surface area contributed by atoms with Gasteiger partial charge in [-0.3, -0.25) is 4.55 Å². The Bertz CT molecular complexity index is 769. The van der Waals surface area contributed by atoms with Gasteiger partial charge in [0.05, 0.1) is 12.3 Å². The van der Waals surface area contributed by atoms with E-state index in [1.165, 1.54) is 11.5 Å². The summed E-state index contributed by atoms with van der Waals surface area (Å²) in [7, 11) is -0.0217. The minimum atomic E-state index is -3.94. The van der Waals surface area contributed by atoms with Gasteiger partial charge < -0.3 is 4.90 Å². The van der Waals surface area contributed by atoms with Gasteiger partial charge in [0.15, 0.2) is 0 Å². The molecule has 8 nitrogen and oxygen atoms in total. The number of hydrogen-bond donors (Lipinski definition) is 1. The van der Waals surface area contributed by atoms with E-state index in [1.807, 2.05) is 43.3 Å². The molecule has 1 aromatic heterocycles. The maximum Gasteiger partial charge on any atom is 0.378 e. The Labute approximate surface area is 139 Å². The number of azo groups is 1. The molecule has 0 saturated carbocycles. The molecule has 0 aliphatic carbocycles. The van der Waals surface area contributed by atoms with Crippen LogP contribution >= 0.6 is 11.5 Å². The normalized spacial score (nSPS) is 12.0. The van der Waals surface area contributed by atoms with E-state index in [9.17, 15) is 8.42 Å². The quantitative estimate of drug-likeness (QED) is 0.466. The van der Waals surface area contributed by atoms with Crippen LogP contribution in [0.15, 0.2) is 40.8 Å². The summed E-state index contributed by atoms with van der Waals surface area (Å²) in [6, 6.07) is 7.62. The number of nitrogens with zero attached hydrogens (tertiary/aromatic N) is 5. The molecule has 0 aliphatic heterocycles. The SMILES string of the molecule is CN(C)c1ccc(N=Nc2snc[n+]2CCCS(=O)(=O)O)cc1. The Morgan fingerprint density at radius 3 is 2.57 bits per heavy atom. The summed E-state index contributed by atoms with van der Waals surface area (Å²) in [6.45, 7) is 0.393. The summed E-state index contributed by atoms with van der Waals surface area (Å²) in [6.07, 6.45) is 1.85. The van der Waals surface area contributed by atoms with Gasteiger partial charge in [-0.2, -0.15) is 8.42 Å². The highest BCUT2D eigenvalue weighted by Gasteiger charge is 2.13. The van der Waals surface area contributed by atoms with Crippen LogP contribution in [-0.4, -0.2) is 37.2 Å². The fourth-order valence-corrected chi connectivity index (χ4v) is 2.86. The number of benzene rings is 1. The number of aryl methyl sites for hydroxylation is 1. The molecule has 0 fully saturated rings. The van der Waals surface area contributed by atoms with Gasteiger partial charge in [-0.15, -0.1) is 0 Å². The third kappa shape index (κ3) is 5.66. The molecule has 1 aromatic carbocycles. The summed E-state index contributed by atoms with van der Waals surface area (Å²) in [4.78, 5) is 1.99. The number of anilines is 1. The van der Waals surface area contributed by atoms with Crippen molar-refractivity contribution in [2.75, 3.05) is 24.7 Å². The van der Waals surface area contributed by atoms with Crippen molar-refractivity contribution < 1.29 is 17.5 Å². The molecule has 0 spiro atoms. The molecule has 0 radical (unpaired) electrons. The van der Waals surface area contributed by atoms with Crippen molar-refractivity contribution in [1.82, 2.24) is 4.37 Å². The van der Waals surface area contributed by atoms with Gasteiger partial charge >= 0.3 is 5.13 Å². The maximum atomic E-state index is 10.7. The molecule has 0 unspecified atom stereocenters. The zero-order chi connectivity index (χ0) is 16.9. The molecule has 0 aliphatic rings. The van der Waals surface area contributed by atoms with Crippen molar-refractivity contribution in [3.63, 3.8) is 0 Å². The van der Waals surface area contributed by atoms with Crippen LogP contribution in [0, 0.1) is 0 Å². The van der Waals surface area contributed by atoms with Gasteiger partial charge in [0.1, 0.15) is 17.2 Å². The number of hydrogen-bond acceptors (Lipinski definition) is 7. The molecule has 1 heterocycles. The van der Waals surface area contributed by atoms with E-state index in [-0.39, 0.29) is 12.2 Å². The molecule has 0 bridgehead atoms. The largest absolute Gasteiger partial charge is 0.378 e. The highest BCUT2D eigenvalue weighted by molar-refractivity contribution is 7.85. The third-order valence-electron chi connectivity index (χ3n) is 2.99. The second-order valence-corrected chi connectivity index (χ2v) is 7.37. The first-order chi connectivity index (χ1) is 10.8. The minimum absolute atomic E-state index is 0.280. The molecule has 2 aromatic rings. The Morgan fingerprint density at radius 2 is 1.96 bits per heavy atom. The van der Waals surface area contributed by atoms with Crippen LogP contribution in [0.4, 0.5) is 16.5 Å². The number of rotatable bonds is 7. The minimum Gasteiger partial charge on any atom is -0.378 e. The van der Waals surface area contributed by atoms with Gasteiger partial charge in [-0.05, 0) is 35.1 Å². The Morgan fingerprint density at radius 1 is 1.26 bits per heavy atom. The summed E-state index contributed by atoms with van der Waals surface area (Å²) < 4.78 is 35.9. The first-order valence-electron chi connectivity index (χ1n) is 6.83. The Hall–Kier alpha value is -1.91. The molecular weight excluding hydrogens is 338 g/mol. The summed E-state index contributed by atoms with van der Waals surface area (Å²) in [5, 5.41) is 8.87. The predicted molar refractivity (Wildman–Crippen MR) is 88.3 cm³/mol. The van der Waals surface area contributed by atoms with E-state index in [1.54, 1.807) is 10.9 Å². The lowest BCUT2D eigenvalue weighted by molar-refractivity contribution is -0.682. The highest BCUT2D eigenvalue weighted by atomic mass is 32.2. The zero-order valence-electron chi connectivity index (χ0n) is 12.8. The van der Waals surface area contributed by atoms with Crippen molar-refractivity contribution >= 4 is 38.2 Å². The third-order valence-corrected chi connectivity index (χ3v) is 4.47. The summed E-state index contributed by atoms with van der Waals surface area (Å²) in [5.41, 5.74) is 1.79. The topological polar surface area (TPSA) is 99.1 Å². The van der Waals surface area contributed by atoms with Gasteiger partial charge in [0, 0.05) is 24.9 Å². The fourth-order valence-electron chi connectivity index (χ4n) is 1.79. The lowest BCUT2D eigenvalue weighted by Gasteiger charge is -2.11. The van der Waals surface area contributed by atoms with E-state index in [4.69, 9.17) is 4.55 Å². The van der Waals surface area contributed by atoms with Gasteiger partial charge in [0.25, 0.3) is 10.1 Å². The average Bonchev–Trinajstić information content (AvgIpc) is 2.92. The molecule has 10 heteroatoms. The first-order valence-corrected chi connectivity index (χ1v) is 9.22. The van der Waals surface area contributed by atoms with Crippen LogP contribution in [0.25, 0.3) is 0 Å². The van der Waals surface area contributed by atoms with Crippen LogP contribution in [0.5, 0.6) is 0 Å². The van der Waals surface area contributed by atoms with E-state index in [2.05, 4.69) is 14.6 Å². The van der Waals surface area contributed by atoms with Crippen LogP contribution < -0.4 is 9.47 Å². The molecule has 2 rings (SSSR count). The van der Waals surface area contributed by atoms with Gasteiger partial charge in [-0.1, -0.05) is 5.11 Å². The van der Waals surface area contributed by atoms with Gasteiger partial charge in [0.2, 0.25) is 6.33 Å². The van der Waals surface area contributed by atoms with Crippen molar-refractivity contribution in [2.45, 2.75) is 13.0 Å². The molecule has 0 amide bonds. The van der Waals surface area contributed by atoms with Crippen LogP contribution in [0.3, 0.4) is 0 Å². The van der Waals surface area contributed by atoms with Gasteiger partial charge in [-0.25, -0.2) is 4.57 Å². The van der Waals surface area contributed by atoms with Crippen LogP contribution in [-0.2, 0) is 16.7 Å². The molecule has 1 N–H and O–H groups in total. The predicted octanol–water partition coefficient (Wildman–Crippen LogP) is 2.19. The molecule has 124 valence electrons. The monoisotopic (exact) mass is 356 g/mol. The highest BCUT2D eigenvalue weighted by Crippen LogP contribution is 2.21. The summed E-state index contributed by atoms with van der Waals surface area (Å²) >= 11 is 1.17. The van der Waals surface area contributed by atoms with E-state index in [0.29, 0.717) is 17.4 Å². The van der Waals surface area contributed by atoms with Crippen molar-refractivity contribution in [3.8, 4) is 0 Å². The lowest BCUT2D eigenvalue weighted by atomic mass is 10.3. The first kappa shape index (κ1) is 17.4. The Balaban J connectivity index is 2.01. The molecule has 23 heavy (non-hydrogen) atoms. The van der Waals surface area contributed by atoms with Crippen molar-refractivity contribution in [3.05, 3.63) is 30.6 Å². The molecule has 0 atom stereocenters. The average molecular weight is 356 g/mol. The van der Waals surface area contributed by atoms with E-state index >= 15 is 0 Å². The Kier molecular flexibility index (Phi) is 5.74. The van der Waals surface area contributed by atoms with Crippen LogP contribution in [0.1, 0.15) is 6.42 Å². The molecular formula is C13H18N5O3S2+.